The molecule has 3 aromatic rings. The van der Waals surface area contributed by atoms with E-state index >= 15 is 0 Å². The van der Waals surface area contributed by atoms with Gasteiger partial charge in [-0.3, -0.25) is 14.9 Å². The lowest BCUT2D eigenvalue weighted by Gasteiger charge is -2.29. The average molecular weight is 436 g/mol. The summed E-state index contributed by atoms with van der Waals surface area (Å²) in [6.45, 7) is 4.13. The first-order chi connectivity index (χ1) is 15.5. The lowest BCUT2D eigenvalue weighted by atomic mass is 9.86. The van der Waals surface area contributed by atoms with Crippen molar-refractivity contribution in [2.45, 2.75) is 52.2 Å². The number of fused-ring (bicyclic) bond motifs is 1. The number of hydrogen-bond donors (Lipinski definition) is 2. The topological polar surface area (TPSA) is 93.5 Å². The Bertz CT molecular complexity index is 1110. The number of aliphatic hydroxyl groups excluding tert-OH is 1. The van der Waals surface area contributed by atoms with Gasteiger partial charge in [0.2, 0.25) is 5.95 Å². The maximum Gasteiger partial charge on any atom is 0.308 e. The van der Waals surface area contributed by atoms with Crippen molar-refractivity contribution < 1.29 is 19.4 Å². The number of nitrogens with zero attached hydrogens (tertiary/aromatic N) is 2. The lowest BCUT2D eigenvalue weighted by molar-refractivity contribution is -0.149. The van der Waals surface area contributed by atoms with Crippen molar-refractivity contribution in [3.8, 4) is 0 Å². The van der Waals surface area contributed by atoms with E-state index in [2.05, 4.69) is 14.9 Å². The number of carbonyl (C=O) groups excluding carboxylic acids is 2. The monoisotopic (exact) mass is 435 g/mol. The smallest absolute Gasteiger partial charge is 0.308 e. The van der Waals surface area contributed by atoms with Crippen LogP contribution in [-0.2, 0) is 16.1 Å². The van der Waals surface area contributed by atoms with Crippen LogP contribution in [0.2, 0.25) is 0 Å². The highest BCUT2D eigenvalue weighted by Crippen LogP contribution is 2.37. The second-order valence-electron chi connectivity index (χ2n) is 8.36. The van der Waals surface area contributed by atoms with Crippen molar-refractivity contribution >= 4 is 28.9 Å². The van der Waals surface area contributed by atoms with Crippen LogP contribution in [0, 0.1) is 12.8 Å². The minimum absolute atomic E-state index is 0.0677. The fraction of sp³-hybridized carbons (Fsp3) is 0.400. The van der Waals surface area contributed by atoms with Crippen LogP contribution in [0.1, 0.15) is 60.1 Å². The first-order valence-electron chi connectivity index (χ1n) is 11.2. The Balaban J connectivity index is 1.64. The van der Waals surface area contributed by atoms with Crippen LogP contribution in [0.5, 0.6) is 0 Å². The molecular formula is C25H29N3O4. The number of aryl methyl sites for hydroxylation is 1. The standard InChI is InChI=1S/C25H29N3O4/c1-3-32-24(31)19-9-11-20(12-10-19)28-22-14-17(15-29)6-13-21(22)26-25(28)27-23(30)18-7-4-16(2)5-8-18/h4-8,13-14,19-20,29H,3,9-12,15H2,1-2H3,(H,26,27,30)/t19-,20+. The molecule has 1 amide bonds. The Kier molecular flexibility index (Phi) is 6.55. The van der Waals surface area contributed by atoms with Crippen LogP contribution >= 0.6 is 0 Å². The van der Waals surface area contributed by atoms with Gasteiger partial charge in [-0.15, -0.1) is 0 Å². The van der Waals surface area contributed by atoms with Crippen molar-refractivity contribution in [1.82, 2.24) is 9.55 Å². The quantitative estimate of drug-likeness (QED) is 0.561. The van der Waals surface area contributed by atoms with E-state index in [4.69, 9.17) is 4.74 Å². The average Bonchev–Trinajstić information content (AvgIpc) is 3.16. The summed E-state index contributed by atoms with van der Waals surface area (Å²) in [7, 11) is 0. The Hall–Kier alpha value is -3.19. The molecule has 0 bridgehead atoms. The predicted octanol–water partition coefficient (Wildman–Crippen LogP) is 4.38. The number of ether oxygens (including phenoxy) is 1. The van der Waals surface area contributed by atoms with Gasteiger partial charge in [0.05, 0.1) is 30.2 Å². The molecule has 1 aromatic heterocycles. The van der Waals surface area contributed by atoms with Crippen LogP contribution in [0.25, 0.3) is 11.0 Å². The number of carbonyl (C=O) groups is 2. The molecule has 32 heavy (non-hydrogen) atoms. The van der Waals surface area contributed by atoms with Crippen molar-refractivity contribution in [3.05, 3.63) is 59.2 Å². The third kappa shape index (κ3) is 4.53. The molecule has 0 saturated heterocycles. The minimum atomic E-state index is -0.218. The summed E-state index contributed by atoms with van der Waals surface area (Å²) in [4.78, 5) is 29.7. The van der Waals surface area contributed by atoms with E-state index in [1.54, 1.807) is 12.1 Å². The van der Waals surface area contributed by atoms with Gasteiger partial charge in [-0.25, -0.2) is 4.98 Å². The molecule has 1 fully saturated rings. The van der Waals surface area contributed by atoms with Gasteiger partial charge < -0.3 is 14.4 Å². The highest BCUT2D eigenvalue weighted by Gasteiger charge is 2.30. The summed E-state index contributed by atoms with van der Waals surface area (Å²) in [5.41, 5.74) is 4.07. The maximum absolute atomic E-state index is 12.9. The zero-order chi connectivity index (χ0) is 22.7. The normalized spacial score (nSPS) is 18.5. The zero-order valence-electron chi connectivity index (χ0n) is 18.5. The summed E-state index contributed by atoms with van der Waals surface area (Å²) in [6.07, 6.45) is 3.03. The molecule has 0 aliphatic heterocycles. The molecule has 1 saturated carbocycles. The summed E-state index contributed by atoms with van der Waals surface area (Å²) >= 11 is 0. The Morgan fingerprint density at radius 2 is 1.84 bits per heavy atom. The van der Waals surface area contributed by atoms with Crippen LogP contribution in [0.3, 0.4) is 0 Å². The first-order valence-corrected chi connectivity index (χ1v) is 11.2. The number of amides is 1. The maximum atomic E-state index is 12.9. The van der Waals surface area contributed by atoms with E-state index in [0.717, 1.165) is 47.8 Å². The molecule has 7 nitrogen and oxygen atoms in total. The predicted molar refractivity (Wildman–Crippen MR) is 122 cm³/mol. The number of aliphatic hydroxyl groups is 1. The molecule has 2 aromatic carbocycles. The molecule has 4 rings (SSSR count). The Morgan fingerprint density at radius 1 is 1.12 bits per heavy atom. The van der Waals surface area contributed by atoms with E-state index in [0.29, 0.717) is 18.1 Å². The molecule has 0 unspecified atom stereocenters. The fourth-order valence-electron chi connectivity index (χ4n) is 4.40. The summed E-state index contributed by atoms with van der Waals surface area (Å²) in [5.74, 6) is 0.0564. The number of benzene rings is 2. The summed E-state index contributed by atoms with van der Waals surface area (Å²) in [5, 5.41) is 12.6. The molecule has 0 radical (unpaired) electrons. The van der Waals surface area contributed by atoms with Crippen molar-refractivity contribution in [3.63, 3.8) is 0 Å². The molecule has 1 heterocycles. The number of aromatic nitrogens is 2. The van der Waals surface area contributed by atoms with Gasteiger partial charge in [-0.05, 0) is 69.4 Å². The second kappa shape index (κ2) is 9.53. The number of imidazole rings is 1. The fourth-order valence-corrected chi connectivity index (χ4v) is 4.40. The molecule has 168 valence electrons. The molecule has 0 spiro atoms. The lowest BCUT2D eigenvalue weighted by Crippen LogP contribution is -2.26. The molecule has 1 aliphatic carbocycles. The van der Waals surface area contributed by atoms with Gasteiger partial charge in [0.25, 0.3) is 5.91 Å². The third-order valence-corrected chi connectivity index (χ3v) is 6.16. The first kappa shape index (κ1) is 22.0. The highest BCUT2D eigenvalue weighted by molar-refractivity contribution is 6.04. The number of anilines is 1. The number of nitrogens with one attached hydrogen (secondary N) is 1. The largest absolute Gasteiger partial charge is 0.466 e. The van der Waals surface area contributed by atoms with Gasteiger partial charge in [0, 0.05) is 11.6 Å². The Morgan fingerprint density at radius 3 is 2.50 bits per heavy atom. The van der Waals surface area contributed by atoms with Crippen molar-refractivity contribution in [2.24, 2.45) is 5.92 Å². The number of hydrogen-bond acceptors (Lipinski definition) is 5. The van der Waals surface area contributed by atoms with Gasteiger partial charge in [-0.1, -0.05) is 23.8 Å². The van der Waals surface area contributed by atoms with Gasteiger partial charge in [0.1, 0.15) is 0 Å². The summed E-state index contributed by atoms with van der Waals surface area (Å²) in [6, 6.07) is 13.1. The molecular weight excluding hydrogens is 406 g/mol. The van der Waals surface area contributed by atoms with Crippen molar-refractivity contribution in [1.29, 1.82) is 0 Å². The van der Waals surface area contributed by atoms with Gasteiger partial charge in [0.15, 0.2) is 0 Å². The van der Waals surface area contributed by atoms with Crippen LogP contribution in [0.15, 0.2) is 42.5 Å². The van der Waals surface area contributed by atoms with E-state index in [-0.39, 0.29) is 30.4 Å². The van der Waals surface area contributed by atoms with E-state index in [1.165, 1.54) is 0 Å². The van der Waals surface area contributed by atoms with Crippen LogP contribution in [-0.4, -0.2) is 33.1 Å². The zero-order valence-corrected chi connectivity index (χ0v) is 18.5. The van der Waals surface area contributed by atoms with E-state index in [9.17, 15) is 14.7 Å². The van der Waals surface area contributed by atoms with E-state index < -0.39 is 0 Å². The van der Waals surface area contributed by atoms with Crippen molar-refractivity contribution in [2.75, 3.05) is 11.9 Å². The molecule has 7 heteroatoms. The number of rotatable bonds is 6. The minimum Gasteiger partial charge on any atom is -0.466 e. The SMILES string of the molecule is CCOC(=O)[C@H]1CC[C@@H](n2c(NC(=O)c3ccc(C)cc3)nc3ccc(CO)cc32)CC1. The number of esters is 1. The summed E-state index contributed by atoms with van der Waals surface area (Å²) < 4.78 is 7.26. The van der Waals surface area contributed by atoms with E-state index in [1.807, 2.05) is 44.2 Å². The second-order valence-corrected chi connectivity index (χ2v) is 8.36. The third-order valence-electron chi connectivity index (χ3n) is 6.16. The molecule has 0 atom stereocenters. The van der Waals surface area contributed by atoms with Gasteiger partial charge >= 0.3 is 5.97 Å². The Labute approximate surface area is 187 Å². The van der Waals surface area contributed by atoms with Crippen LogP contribution in [0.4, 0.5) is 5.95 Å². The highest BCUT2D eigenvalue weighted by atomic mass is 16.5. The van der Waals surface area contributed by atoms with Gasteiger partial charge in [-0.2, -0.15) is 0 Å². The molecule has 1 aliphatic rings. The van der Waals surface area contributed by atoms with Crippen LogP contribution < -0.4 is 5.32 Å². The molecule has 2 N–H and O–H groups in total.